The normalized spacial score (nSPS) is 34.1. The minimum absolute atomic E-state index is 0.770. The molecule has 2 atom stereocenters. The Morgan fingerprint density at radius 2 is 1.19 bits per heavy atom. The third kappa shape index (κ3) is 3.56. The molecular formula is C12H24N2S2. The molecule has 0 spiro atoms. The van der Waals surface area contributed by atoms with E-state index in [9.17, 15) is 0 Å². The van der Waals surface area contributed by atoms with Crippen molar-refractivity contribution < 1.29 is 0 Å². The summed E-state index contributed by atoms with van der Waals surface area (Å²) in [5.74, 6) is 0. The molecule has 0 aliphatic carbocycles. The first-order valence-corrected chi connectivity index (χ1v) is 8.72. The standard InChI is InChI=1S/C12H24N2S2/c1-11-7-3-5-9-13(11)15-16-14-10-6-4-8-12(14)2/h11-12H,3-10H2,1-2H3. The van der Waals surface area contributed by atoms with E-state index in [1.165, 1.54) is 51.6 Å². The highest BCUT2D eigenvalue weighted by atomic mass is 33.1. The van der Waals surface area contributed by atoms with E-state index in [1.54, 1.807) is 0 Å². The van der Waals surface area contributed by atoms with Crippen molar-refractivity contribution in [3.63, 3.8) is 0 Å². The van der Waals surface area contributed by atoms with Gasteiger partial charge < -0.3 is 0 Å². The molecule has 0 aromatic heterocycles. The number of hydrogen-bond acceptors (Lipinski definition) is 4. The van der Waals surface area contributed by atoms with Gasteiger partial charge in [0.25, 0.3) is 0 Å². The summed E-state index contributed by atoms with van der Waals surface area (Å²) in [6.45, 7) is 7.29. The van der Waals surface area contributed by atoms with E-state index in [4.69, 9.17) is 0 Å². The molecule has 0 radical (unpaired) electrons. The Hall–Kier alpha value is 0.620. The van der Waals surface area contributed by atoms with Crippen molar-refractivity contribution in [2.45, 2.75) is 64.5 Å². The lowest BCUT2D eigenvalue weighted by atomic mass is 10.1. The molecule has 16 heavy (non-hydrogen) atoms. The lowest BCUT2D eigenvalue weighted by Gasteiger charge is -2.36. The van der Waals surface area contributed by atoms with Gasteiger partial charge in [0.15, 0.2) is 0 Å². The molecule has 2 aliphatic rings. The fourth-order valence-electron chi connectivity index (χ4n) is 2.45. The van der Waals surface area contributed by atoms with Crippen LogP contribution in [0.5, 0.6) is 0 Å². The first kappa shape index (κ1) is 13.1. The predicted octanol–water partition coefficient (Wildman–Crippen LogP) is 3.95. The number of nitrogens with zero attached hydrogens (tertiary/aromatic N) is 2. The summed E-state index contributed by atoms with van der Waals surface area (Å²) in [6.07, 6.45) is 8.36. The summed E-state index contributed by atoms with van der Waals surface area (Å²) in [5, 5.41) is 0. The second-order valence-corrected chi connectivity index (χ2v) is 7.25. The van der Waals surface area contributed by atoms with Crippen LogP contribution in [0.3, 0.4) is 0 Å². The van der Waals surface area contributed by atoms with Crippen molar-refractivity contribution in [1.29, 1.82) is 0 Å². The van der Waals surface area contributed by atoms with E-state index >= 15 is 0 Å². The minimum Gasteiger partial charge on any atom is -0.237 e. The average molecular weight is 260 g/mol. The summed E-state index contributed by atoms with van der Waals surface area (Å²) in [6, 6.07) is 1.54. The van der Waals surface area contributed by atoms with E-state index in [0.717, 1.165) is 12.1 Å². The lowest BCUT2D eigenvalue weighted by Crippen LogP contribution is -2.34. The van der Waals surface area contributed by atoms with Crippen molar-refractivity contribution in [3.05, 3.63) is 0 Å². The fourth-order valence-corrected chi connectivity index (χ4v) is 5.38. The van der Waals surface area contributed by atoms with Gasteiger partial charge in [-0.2, -0.15) is 0 Å². The number of rotatable bonds is 3. The van der Waals surface area contributed by atoms with Gasteiger partial charge >= 0.3 is 0 Å². The van der Waals surface area contributed by atoms with Crippen molar-refractivity contribution in [1.82, 2.24) is 8.61 Å². The van der Waals surface area contributed by atoms with Gasteiger partial charge in [0.1, 0.15) is 0 Å². The predicted molar refractivity (Wildman–Crippen MR) is 75.2 cm³/mol. The SMILES string of the molecule is CC1CCCCN1SSN1CCCCC1C. The molecule has 2 heterocycles. The molecule has 2 rings (SSSR count). The summed E-state index contributed by atoms with van der Waals surface area (Å²) >= 11 is 0. The molecule has 2 unspecified atom stereocenters. The summed E-state index contributed by atoms with van der Waals surface area (Å²) in [7, 11) is 3.98. The van der Waals surface area contributed by atoms with Gasteiger partial charge in [0.05, 0.1) is 0 Å². The minimum atomic E-state index is 0.770. The van der Waals surface area contributed by atoms with Gasteiger partial charge in [-0.05, 0) is 39.5 Å². The van der Waals surface area contributed by atoms with Crippen LogP contribution in [-0.2, 0) is 0 Å². The zero-order chi connectivity index (χ0) is 11.4. The largest absolute Gasteiger partial charge is 0.237 e. The Bertz CT molecular complexity index is 191. The number of piperidine rings is 2. The van der Waals surface area contributed by atoms with Crippen LogP contribution in [0.1, 0.15) is 52.4 Å². The molecule has 0 bridgehead atoms. The zero-order valence-corrected chi connectivity index (χ0v) is 12.2. The van der Waals surface area contributed by atoms with Gasteiger partial charge in [0, 0.05) is 47.1 Å². The molecule has 2 saturated heterocycles. The number of hydrogen-bond donors (Lipinski definition) is 0. The van der Waals surface area contributed by atoms with Crippen LogP contribution in [0.2, 0.25) is 0 Å². The highest BCUT2D eigenvalue weighted by Crippen LogP contribution is 2.37. The molecule has 4 heteroatoms. The quantitative estimate of drug-likeness (QED) is 0.560. The van der Waals surface area contributed by atoms with Crippen molar-refractivity contribution in [2.24, 2.45) is 0 Å². The Morgan fingerprint density at radius 3 is 1.56 bits per heavy atom. The van der Waals surface area contributed by atoms with Gasteiger partial charge in [-0.1, -0.05) is 12.8 Å². The Labute approximate surface area is 108 Å². The molecule has 2 nitrogen and oxygen atoms in total. The van der Waals surface area contributed by atoms with E-state index in [-0.39, 0.29) is 0 Å². The van der Waals surface area contributed by atoms with E-state index in [1.807, 2.05) is 22.0 Å². The van der Waals surface area contributed by atoms with Crippen LogP contribution < -0.4 is 0 Å². The molecule has 94 valence electrons. The van der Waals surface area contributed by atoms with Crippen molar-refractivity contribution in [3.8, 4) is 0 Å². The van der Waals surface area contributed by atoms with Gasteiger partial charge in [0.2, 0.25) is 0 Å². The van der Waals surface area contributed by atoms with Gasteiger partial charge in [-0.25, -0.2) is 8.61 Å². The average Bonchev–Trinajstić information content (AvgIpc) is 2.30. The molecule has 0 aromatic carbocycles. The Kier molecular flexibility index (Phi) is 5.33. The molecule has 0 amide bonds. The lowest BCUT2D eigenvalue weighted by molar-refractivity contribution is 0.288. The third-order valence-electron chi connectivity index (χ3n) is 3.71. The van der Waals surface area contributed by atoms with Crippen molar-refractivity contribution in [2.75, 3.05) is 13.1 Å². The molecule has 2 aliphatic heterocycles. The first-order valence-electron chi connectivity index (χ1n) is 6.65. The first-order chi connectivity index (χ1) is 7.77. The summed E-state index contributed by atoms with van der Waals surface area (Å²) < 4.78 is 5.16. The summed E-state index contributed by atoms with van der Waals surface area (Å²) in [4.78, 5) is 0. The van der Waals surface area contributed by atoms with E-state index in [2.05, 4.69) is 22.5 Å². The molecule has 2 fully saturated rings. The second kappa shape index (κ2) is 6.53. The van der Waals surface area contributed by atoms with Gasteiger partial charge in [-0.3, -0.25) is 0 Å². The van der Waals surface area contributed by atoms with Crippen LogP contribution in [-0.4, -0.2) is 33.8 Å². The highest BCUT2D eigenvalue weighted by molar-refractivity contribution is 8.74. The monoisotopic (exact) mass is 260 g/mol. The van der Waals surface area contributed by atoms with Crippen molar-refractivity contribution >= 4 is 22.0 Å². The smallest absolute Gasteiger partial charge is 0.0182 e. The maximum absolute atomic E-state index is 2.58. The highest BCUT2D eigenvalue weighted by Gasteiger charge is 2.23. The second-order valence-electron chi connectivity index (χ2n) is 5.12. The Balaban J connectivity index is 1.72. The van der Waals surface area contributed by atoms with Crippen LogP contribution in [0.4, 0.5) is 0 Å². The Morgan fingerprint density at radius 1 is 0.750 bits per heavy atom. The molecule has 0 N–H and O–H groups in total. The van der Waals surface area contributed by atoms with E-state index in [0.29, 0.717) is 0 Å². The molecule has 0 saturated carbocycles. The van der Waals surface area contributed by atoms with Crippen LogP contribution in [0, 0.1) is 0 Å². The molecule has 0 aromatic rings. The fraction of sp³-hybridized carbons (Fsp3) is 1.00. The summed E-state index contributed by atoms with van der Waals surface area (Å²) in [5.41, 5.74) is 0. The zero-order valence-electron chi connectivity index (χ0n) is 10.5. The van der Waals surface area contributed by atoms with Crippen LogP contribution >= 0.6 is 22.0 Å². The topological polar surface area (TPSA) is 6.48 Å². The van der Waals surface area contributed by atoms with E-state index < -0.39 is 0 Å². The van der Waals surface area contributed by atoms with Crippen LogP contribution in [0.15, 0.2) is 0 Å². The maximum atomic E-state index is 2.58. The maximum Gasteiger partial charge on any atom is 0.0182 e. The third-order valence-corrected chi connectivity index (χ3v) is 6.59. The van der Waals surface area contributed by atoms with Gasteiger partial charge in [-0.15, -0.1) is 0 Å². The van der Waals surface area contributed by atoms with Crippen LogP contribution in [0.25, 0.3) is 0 Å². The molecular weight excluding hydrogens is 236 g/mol.